The molecule has 0 aliphatic heterocycles. The molecule has 0 saturated heterocycles. The Morgan fingerprint density at radius 2 is 1.74 bits per heavy atom. The third-order valence-electron chi connectivity index (χ3n) is 4.10. The molecule has 5 nitrogen and oxygen atoms in total. The normalized spacial score (nSPS) is 10.6. The van der Waals surface area contributed by atoms with E-state index < -0.39 is 17.8 Å². The van der Waals surface area contributed by atoms with Crippen LogP contribution >= 0.6 is 0 Å². The van der Waals surface area contributed by atoms with Gasteiger partial charge in [-0.1, -0.05) is 25.3 Å². The molecule has 0 N–H and O–H groups in total. The first-order valence-electron chi connectivity index (χ1n) is 9.25. The maximum absolute atomic E-state index is 14.0. The first kappa shape index (κ1) is 21.5. The van der Waals surface area contributed by atoms with Crippen LogP contribution in [-0.2, 0) is 9.59 Å². The second-order valence-electron chi connectivity index (χ2n) is 6.54. The fraction of sp³-hybridized carbons (Fsp3) is 0.0400. The first-order chi connectivity index (χ1) is 14.9. The fourth-order valence-electron chi connectivity index (χ4n) is 2.51. The molecule has 2 aromatic carbocycles. The molecule has 0 unspecified atom stereocenters. The van der Waals surface area contributed by atoms with Crippen molar-refractivity contribution in [2.24, 2.45) is 0 Å². The van der Waals surface area contributed by atoms with Gasteiger partial charge < -0.3 is 13.9 Å². The zero-order valence-corrected chi connectivity index (χ0v) is 16.8. The summed E-state index contributed by atoms with van der Waals surface area (Å²) in [6.45, 7) is 8.39. The number of carbonyl (C=O) groups excluding carboxylic acids is 2. The maximum atomic E-state index is 14.0. The van der Waals surface area contributed by atoms with Crippen molar-refractivity contribution in [3.63, 3.8) is 0 Å². The van der Waals surface area contributed by atoms with Crippen LogP contribution in [0.5, 0.6) is 11.5 Å². The quantitative estimate of drug-likeness (QED) is 0.274. The minimum absolute atomic E-state index is 0.167. The van der Waals surface area contributed by atoms with Gasteiger partial charge >= 0.3 is 11.9 Å². The summed E-state index contributed by atoms with van der Waals surface area (Å²) in [4.78, 5) is 22.7. The van der Waals surface area contributed by atoms with Gasteiger partial charge in [-0.2, -0.15) is 0 Å². The SMILES string of the molecule is C=CC(=O)Oc1ccc(C=Cc2ccc(-c3ccc(OC(=O)C(=C)C)cc3)o2)cc1F. The van der Waals surface area contributed by atoms with Crippen LogP contribution in [0.3, 0.4) is 0 Å². The van der Waals surface area contributed by atoms with Crippen LogP contribution in [-0.4, -0.2) is 11.9 Å². The highest BCUT2D eigenvalue weighted by Gasteiger charge is 2.09. The number of carbonyl (C=O) groups is 2. The Morgan fingerprint density at radius 1 is 1.00 bits per heavy atom. The lowest BCUT2D eigenvalue weighted by Gasteiger charge is -2.04. The predicted octanol–water partition coefficient (Wildman–Crippen LogP) is 5.83. The van der Waals surface area contributed by atoms with Gasteiger partial charge in [-0.25, -0.2) is 14.0 Å². The number of rotatable bonds is 7. The smallest absolute Gasteiger partial charge is 0.338 e. The van der Waals surface area contributed by atoms with E-state index in [2.05, 4.69) is 13.2 Å². The summed E-state index contributed by atoms with van der Waals surface area (Å²) in [5, 5.41) is 0. The van der Waals surface area contributed by atoms with Crippen LogP contribution in [0, 0.1) is 5.82 Å². The van der Waals surface area contributed by atoms with Crippen molar-refractivity contribution >= 4 is 24.1 Å². The van der Waals surface area contributed by atoms with Crippen molar-refractivity contribution in [1.82, 2.24) is 0 Å². The topological polar surface area (TPSA) is 65.7 Å². The fourth-order valence-corrected chi connectivity index (χ4v) is 2.51. The summed E-state index contributed by atoms with van der Waals surface area (Å²) in [6, 6.07) is 14.7. The molecule has 0 radical (unpaired) electrons. The number of hydrogen-bond acceptors (Lipinski definition) is 5. The zero-order chi connectivity index (χ0) is 22.4. The summed E-state index contributed by atoms with van der Waals surface area (Å²) in [5.74, 6) is -0.447. The highest BCUT2D eigenvalue weighted by Crippen LogP contribution is 2.26. The lowest BCUT2D eigenvalue weighted by molar-refractivity contribution is -0.130. The zero-order valence-electron chi connectivity index (χ0n) is 16.8. The molecule has 0 bridgehead atoms. The summed E-state index contributed by atoms with van der Waals surface area (Å²) < 4.78 is 29.8. The predicted molar refractivity (Wildman–Crippen MR) is 116 cm³/mol. The number of ether oxygens (including phenoxy) is 2. The number of furan rings is 1. The van der Waals surface area contributed by atoms with Gasteiger partial charge in [0.05, 0.1) is 0 Å². The molecule has 156 valence electrons. The van der Waals surface area contributed by atoms with E-state index in [-0.39, 0.29) is 5.75 Å². The highest BCUT2D eigenvalue weighted by molar-refractivity contribution is 5.88. The Balaban J connectivity index is 1.68. The molecule has 0 aliphatic rings. The Kier molecular flexibility index (Phi) is 6.62. The molecule has 0 amide bonds. The number of halogens is 1. The molecule has 31 heavy (non-hydrogen) atoms. The molecule has 3 aromatic rings. The van der Waals surface area contributed by atoms with E-state index in [4.69, 9.17) is 13.9 Å². The van der Waals surface area contributed by atoms with E-state index in [0.717, 1.165) is 11.6 Å². The van der Waals surface area contributed by atoms with Crippen LogP contribution in [0.1, 0.15) is 18.2 Å². The Hall–Kier alpha value is -4.19. The monoisotopic (exact) mass is 418 g/mol. The van der Waals surface area contributed by atoms with Gasteiger partial charge in [-0.3, -0.25) is 0 Å². The Bertz CT molecular complexity index is 1170. The third kappa shape index (κ3) is 5.67. The van der Waals surface area contributed by atoms with Crippen molar-refractivity contribution in [2.75, 3.05) is 0 Å². The standard InChI is InChI=1S/C25H19FO5/c1-4-24(27)31-23-13-6-17(15-21(23)26)5-9-19-12-14-22(29-19)18-7-10-20(11-8-18)30-25(28)16(2)3/h4-15H,1-2H2,3H3. The van der Waals surface area contributed by atoms with Gasteiger partial charge in [-0.15, -0.1) is 0 Å². The van der Waals surface area contributed by atoms with Crippen molar-refractivity contribution in [2.45, 2.75) is 6.92 Å². The average molecular weight is 418 g/mol. The van der Waals surface area contributed by atoms with Crippen LogP contribution in [0.2, 0.25) is 0 Å². The number of benzene rings is 2. The molecule has 3 rings (SSSR count). The van der Waals surface area contributed by atoms with Crippen molar-refractivity contribution in [3.05, 3.63) is 96.5 Å². The summed E-state index contributed by atoms with van der Waals surface area (Å²) >= 11 is 0. The molecular formula is C25H19FO5. The molecule has 0 aliphatic carbocycles. The first-order valence-corrected chi connectivity index (χ1v) is 9.25. The highest BCUT2D eigenvalue weighted by atomic mass is 19.1. The van der Waals surface area contributed by atoms with E-state index in [0.29, 0.717) is 28.4 Å². The molecule has 0 spiro atoms. The third-order valence-corrected chi connectivity index (χ3v) is 4.10. The van der Waals surface area contributed by atoms with Crippen molar-refractivity contribution in [1.29, 1.82) is 0 Å². The molecule has 0 saturated carbocycles. The van der Waals surface area contributed by atoms with Gasteiger partial charge in [0, 0.05) is 17.2 Å². The minimum Gasteiger partial charge on any atom is -0.457 e. The van der Waals surface area contributed by atoms with E-state index >= 15 is 0 Å². The van der Waals surface area contributed by atoms with E-state index in [1.54, 1.807) is 61.5 Å². The maximum Gasteiger partial charge on any atom is 0.338 e. The summed E-state index contributed by atoms with van der Waals surface area (Å²) in [7, 11) is 0. The van der Waals surface area contributed by atoms with Gasteiger partial charge in [0.15, 0.2) is 11.6 Å². The molecule has 0 fully saturated rings. The number of hydrogen-bond donors (Lipinski definition) is 0. The number of esters is 2. The van der Waals surface area contributed by atoms with Crippen molar-refractivity contribution in [3.8, 4) is 22.8 Å². The van der Waals surface area contributed by atoms with Crippen LogP contribution < -0.4 is 9.47 Å². The lowest BCUT2D eigenvalue weighted by Crippen LogP contribution is -2.07. The Labute approximate surface area is 178 Å². The lowest BCUT2D eigenvalue weighted by atomic mass is 10.1. The summed E-state index contributed by atoms with van der Waals surface area (Å²) in [5.41, 5.74) is 1.69. The van der Waals surface area contributed by atoms with Gasteiger partial charge in [0.2, 0.25) is 0 Å². The Morgan fingerprint density at radius 3 is 2.39 bits per heavy atom. The van der Waals surface area contributed by atoms with E-state index in [9.17, 15) is 14.0 Å². The largest absolute Gasteiger partial charge is 0.457 e. The van der Waals surface area contributed by atoms with Crippen LogP contribution in [0.15, 0.2) is 83.8 Å². The van der Waals surface area contributed by atoms with Crippen LogP contribution in [0.4, 0.5) is 4.39 Å². The molecule has 1 heterocycles. The van der Waals surface area contributed by atoms with Gasteiger partial charge in [0.1, 0.15) is 17.3 Å². The van der Waals surface area contributed by atoms with E-state index in [1.165, 1.54) is 12.1 Å². The molecule has 0 atom stereocenters. The minimum atomic E-state index is -0.729. The second kappa shape index (κ2) is 9.54. The molecular weight excluding hydrogens is 399 g/mol. The molecule has 1 aromatic heterocycles. The van der Waals surface area contributed by atoms with Crippen molar-refractivity contribution < 1.29 is 27.9 Å². The van der Waals surface area contributed by atoms with Gasteiger partial charge in [-0.05, 0) is 67.1 Å². The average Bonchev–Trinajstić information content (AvgIpc) is 3.23. The van der Waals surface area contributed by atoms with E-state index in [1.807, 2.05) is 0 Å². The van der Waals surface area contributed by atoms with Gasteiger partial charge in [0.25, 0.3) is 0 Å². The second-order valence-corrected chi connectivity index (χ2v) is 6.54. The summed E-state index contributed by atoms with van der Waals surface area (Å²) in [6.07, 6.45) is 4.33. The molecule has 6 heteroatoms. The van der Waals surface area contributed by atoms with Crippen LogP contribution in [0.25, 0.3) is 23.5 Å².